The van der Waals surface area contributed by atoms with Gasteiger partial charge in [0.15, 0.2) is 0 Å². The first kappa shape index (κ1) is 14.5. The third-order valence-corrected chi connectivity index (χ3v) is 3.84. The Morgan fingerprint density at radius 1 is 1.29 bits per heavy atom. The Labute approximate surface area is 106 Å². The Hall–Kier alpha value is -0.570. The van der Waals surface area contributed by atoms with Gasteiger partial charge in [-0.05, 0) is 44.1 Å². The molecule has 17 heavy (non-hydrogen) atoms. The summed E-state index contributed by atoms with van der Waals surface area (Å²) in [5.74, 6) is 1.52. The molecule has 0 aromatic heterocycles. The Morgan fingerprint density at radius 2 is 2.00 bits per heavy atom. The van der Waals surface area contributed by atoms with Crippen LogP contribution in [-0.4, -0.2) is 19.0 Å². The normalized spacial score (nSPS) is 18.9. The van der Waals surface area contributed by atoms with Crippen LogP contribution in [0.2, 0.25) is 0 Å². The highest BCUT2D eigenvalue weighted by atomic mass is 16.1. The van der Waals surface area contributed by atoms with Crippen LogP contribution in [0.4, 0.5) is 0 Å². The molecule has 1 aliphatic carbocycles. The van der Waals surface area contributed by atoms with Crippen LogP contribution in [0.15, 0.2) is 0 Å². The van der Waals surface area contributed by atoms with Gasteiger partial charge in [0, 0.05) is 13.0 Å². The molecule has 1 fully saturated rings. The van der Waals surface area contributed by atoms with E-state index in [4.69, 9.17) is 5.73 Å². The summed E-state index contributed by atoms with van der Waals surface area (Å²) in [6.07, 6.45) is 9.30. The smallest absolute Gasteiger partial charge is 0.220 e. The lowest BCUT2D eigenvalue weighted by Gasteiger charge is -2.21. The maximum Gasteiger partial charge on any atom is 0.220 e. The summed E-state index contributed by atoms with van der Waals surface area (Å²) in [5, 5.41) is 3.08. The van der Waals surface area contributed by atoms with Gasteiger partial charge in [-0.2, -0.15) is 0 Å². The van der Waals surface area contributed by atoms with Gasteiger partial charge in [-0.1, -0.05) is 26.2 Å². The summed E-state index contributed by atoms with van der Waals surface area (Å²) in [6, 6.07) is 0. The second-order valence-electron chi connectivity index (χ2n) is 5.53. The van der Waals surface area contributed by atoms with Crippen molar-refractivity contribution in [3.63, 3.8) is 0 Å². The summed E-state index contributed by atoms with van der Waals surface area (Å²) in [4.78, 5) is 11.7. The number of carbonyl (C=O) groups is 1. The van der Waals surface area contributed by atoms with Crippen molar-refractivity contribution in [3.8, 4) is 0 Å². The molecule has 1 rings (SSSR count). The van der Waals surface area contributed by atoms with E-state index in [9.17, 15) is 4.79 Å². The first-order valence-electron chi connectivity index (χ1n) is 7.19. The van der Waals surface area contributed by atoms with E-state index >= 15 is 0 Å². The zero-order chi connectivity index (χ0) is 12.5. The number of hydrogen-bond donors (Lipinski definition) is 2. The van der Waals surface area contributed by atoms with E-state index in [2.05, 4.69) is 12.2 Å². The van der Waals surface area contributed by atoms with Gasteiger partial charge in [0.1, 0.15) is 0 Å². The molecule has 0 bridgehead atoms. The van der Waals surface area contributed by atoms with Crippen molar-refractivity contribution in [2.45, 2.75) is 58.3 Å². The summed E-state index contributed by atoms with van der Waals surface area (Å²) in [7, 11) is 0. The number of hydrogen-bond acceptors (Lipinski definition) is 2. The molecule has 0 heterocycles. The molecular formula is C14H28N2O. The van der Waals surface area contributed by atoms with Gasteiger partial charge in [0.2, 0.25) is 5.91 Å². The van der Waals surface area contributed by atoms with E-state index in [-0.39, 0.29) is 5.91 Å². The van der Waals surface area contributed by atoms with Crippen LogP contribution < -0.4 is 11.1 Å². The van der Waals surface area contributed by atoms with Gasteiger partial charge >= 0.3 is 0 Å². The molecule has 0 aromatic rings. The second kappa shape index (κ2) is 8.51. The van der Waals surface area contributed by atoms with E-state index in [0.29, 0.717) is 12.3 Å². The topological polar surface area (TPSA) is 55.1 Å². The Kier molecular flexibility index (Phi) is 7.25. The minimum absolute atomic E-state index is 0.222. The molecule has 3 heteroatoms. The summed E-state index contributed by atoms with van der Waals surface area (Å²) in [6.45, 7) is 3.79. The highest BCUT2D eigenvalue weighted by molar-refractivity contribution is 5.75. The Balaban J connectivity index is 2.04. The minimum Gasteiger partial charge on any atom is -0.356 e. The zero-order valence-corrected chi connectivity index (χ0v) is 11.2. The largest absolute Gasteiger partial charge is 0.356 e. The van der Waals surface area contributed by atoms with Crippen molar-refractivity contribution >= 4 is 5.91 Å². The molecule has 0 aliphatic heterocycles. The average Bonchev–Trinajstić information content (AvgIpc) is 2.35. The van der Waals surface area contributed by atoms with Crippen molar-refractivity contribution in [2.24, 2.45) is 17.6 Å². The Morgan fingerprint density at radius 3 is 2.65 bits per heavy atom. The van der Waals surface area contributed by atoms with Crippen molar-refractivity contribution in [2.75, 3.05) is 13.1 Å². The molecule has 0 radical (unpaired) electrons. The van der Waals surface area contributed by atoms with E-state index in [0.717, 1.165) is 31.8 Å². The molecule has 3 nitrogen and oxygen atoms in total. The van der Waals surface area contributed by atoms with Crippen LogP contribution in [0, 0.1) is 11.8 Å². The van der Waals surface area contributed by atoms with E-state index in [1.54, 1.807) is 0 Å². The van der Waals surface area contributed by atoms with Crippen molar-refractivity contribution < 1.29 is 4.79 Å². The van der Waals surface area contributed by atoms with Gasteiger partial charge in [-0.15, -0.1) is 0 Å². The quantitative estimate of drug-likeness (QED) is 0.718. The predicted molar refractivity (Wildman–Crippen MR) is 71.7 cm³/mol. The van der Waals surface area contributed by atoms with Gasteiger partial charge in [-0.25, -0.2) is 0 Å². The lowest BCUT2D eigenvalue weighted by molar-refractivity contribution is -0.121. The van der Waals surface area contributed by atoms with Crippen LogP contribution in [0.5, 0.6) is 0 Å². The first-order chi connectivity index (χ1) is 8.22. The second-order valence-corrected chi connectivity index (χ2v) is 5.53. The van der Waals surface area contributed by atoms with Crippen molar-refractivity contribution in [3.05, 3.63) is 0 Å². The van der Waals surface area contributed by atoms with Crippen LogP contribution >= 0.6 is 0 Å². The fourth-order valence-electron chi connectivity index (χ4n) is 2.54. The van der Waals surface area contributed by atoms with Crippen molar-refractivity contribution in [1.82, 2.24) is 5.32 Å². The van der Waals surface area contributed by atoms with Crippen LogP contribution in [-0.2, 0) is 4.79 Å². The number of nitrogens with one attached hydrogen (secondary N) is 1. The molecule has 1 atom stereocenters. The molecule has 0 spiro atoms. The molecule has 1 saturated carbocycles. The van der Waals surface area contributed by atoms with Gasteiger partial charge in [-0.3, -0.25) is 4.79 Å². The van der Waals surface area contributed by atoms with Crippen LogP contribution in [0.3, 0.4) is 0 Å². The van der Waals surface area contributed by atoms with Gasteiger partial charge in [0.05, 0.1) is 0 Å². The van der Waals surface area contributed by atoms with Crippen molar-refractivity contribution in [1.29, 1.82) is 0 Å². The highest BCUT2D eigenvalue weighted by Crippen LogP contribution is 2.22. The summed E-state index contributed by atoms with van der Waals surface area (Å²) in [5.41, 5.74) is 5.49. The van der Waals surface area contributed by atoms with Crippen LogP contribution in [0.25, 0.3) is 0 Å². The SMILES string of the molecule is CC(CCN)CCC(=O)NCC1CCCCC1. The minimum atomic E-state index is 0.222. The molecule has 0 saturated heterocycles. The lowest BCUT2D eigenvalue weighted by atomic mass is 9.89. The van der Waals surface area contributed by atoms with Crippen LogP contribution in [0.1, 0.15) is 58.3 Å². The van der Waals surface area contributed by atoms with Gasteiger partial charge < -0.3 is 11.1 Å². The molecule has 3 N–H and O–H groups in total. The highest BCUT2D eigenvalue weighted by Gasteiger charge is 2.14. The summed E-state index contributed by atoms with van der Waals surface area (Å²) < 4.78 is 0. The Bertz CT molecular complexity index is 212. The predicted octanol–water partition coefficient (Wildman–Crippen LogP) is 2.45. The van der Waals surface area contributed by atoms with E-state index < -0.39 is 0 Å². The third-order valence-electron chi connectivity index (χ3n) is 3.84. The molecule has 1 aliphatic rings. The zero-order valence-electron chi connectivity index (χ0n) is 11.2. The fraction of sp³-hybridized carbons (Fsp3) is 0.929. The number of nitrogens with two attached hydrogens (primary N) is 1. The summed E-state index contributed by atoms with van der Waals surface area (Å²) >= 11 is 0. The average molecular weight is 240 g/mol. The fourth-order valence-corrected chi connectivity index (χ4v) is 2.54. The maximum absolute atomic E-state index is 11.7. The molecule has 100 valence electrons. The first-order valence-corrected chi connectivity index (χ1v) is 7.19. The number of carbonyl (C=O) groups excluding carboxylic acids is 1. The lowest BCUT2D eigenvalue weighted by Crippen LogP contribution is -2.30. The van der Waals surface area contributed by atoms with E-state index in [1.807, 2.05) is 0 Å². The maximum atomic E-state index is 11.7. The van der Waals surface area contributed by atoms with E-state index in [1.165, 1.54) is 32.1 Å². The van der Waals surface area contributed by atoms with Gasteiger partial charge in [0.25, 0.3) is 0 Å². The molecule has 0 aromatic carbocycles. The third kappa shape index (κ3) is 6.67. The molecular weight excluding hydrogens is 212 g/mol. The monoisotopic (exact) mass is 240 g/mol. The standard InChI is InChI=1S/C14H28N2O/c1-12(9-10-15)7-8-14(17)16-11-13-5-3-2-4-6-13/h12-13H,2-11,15H2,1H3,(H,16,17). The number of rotatable bonds is 7. The number of amides is 1. The molecule has 1 unspecified atom stereocenters. The molecule has 1 amide bonds.